The van der Waals surface area contributed by atoms with Crippen molar-refractivity contribution in [2.24, 2.45) is 11.8 Å². The van der Waals surface area contributed by atoms with E-state index in [1.165, 1.54) is 6.42 Å². The summed E-state index contributed by atoms with van der Waals surface area (Å²) in [6, 6.07) is 8.27. The van der Waals surface area contributed by atoms with E-state index in [1.807, 2.05) is 24.3 Å². The highest BCUT2D eigenvalue weighted by Gasteiger charge is 2.44. The molecule has 5 heteroatoms. The Morgan fingerprint density at radius 2 is 2.08 bits per heavy atom. The molecule has 0 aromatic heterocycles. The van der Waals surface area contributed by atoms with Crippen LogP contribution in [-0.2, 0) is 16.0 Å². The van der Waals surface area contributed by atoms with E-state index < -0.39 is 0 Å². The quantitative estimate of drug-likeness (QED) is 0.833. The molecular formula is C21H28N2O3. The van der Waals surface area contributed by atoms with Gasteiger partial charge in [-0.25, -0.2) is 0 Å². The zero-order valence-electron chi connectivity index (χ0n) is 15.5. The molecule has 3 aliphatic heterocycles. The minimum atomic E-state index is 0.237. The molecule has 0 saturated carbocycles. The lowest BCUT2D eigenvalue weighted by Crippen LogP contribution is -2.61. The molecule has 3 heterocycles. The summed E-state index contributed by atoms with van der Waals surface area (Å²) in [5, 5.41) is 0. The Morgan fingerprint density at radius 3 is 2.92 bits per heavy atom. The summed E-state index contributed by atoms with van der Waals surface area (Å²) >= 11 is 0. The minimum Gasteiger partial charge on any atom is -0.496 e. The fourth-order valence-electron chi connectivity index (χ4n) is 5.12. The number of ether oxygens (including phenoxy) is 1. The average molecular weight is 356 g/mol. The van der Waals surface area contributed by atoms with Gasteiger partial charge in [-0.1, -0.05) is 18.2 Å². The number of rotatable bonds is 4. The molecule has 3 saturated heterocycles. The van der Waals surface area contributed by atoms with Gasteiger partial charge in [0.05, 0.1) is 7.11 Å². The van der Waals surface area contributed by atoms with Crippen molar-refractivity contribution in [2.75, 3.05) is 26.7 Å². The van der Waals surface area contributed by atoms with E-state index in [0.717, 1.165) is 43.8 Å². The number of hydrogen-bond acceptors (Lipinski definition) is 3. The van der Waals surface area contributed by atoms with Gasteiger partial charge in [-0.2, -0.15) is 0 Å². The summed E-state index contributed by atoms with van der Waals surface area (Å²) in [6.07, 6.45) is 5.22. The van der Waals surface area contributed by atoms with Crippen LogP contribution in [0.2, 0.25) is 0 Å². The van der Waals surface area contributed by atoms with Gasteiger partial charge in [-0.3, -0.25) is 9.59 Å². The number of piperidine rings is 3. The Labute approximate surface area is 155 Å². The first-order valence-electron chi connectivity index (χ1n) is 9.85. The molecule has 1 aromatic rings. The molecule has 4 rings (SSSR count). The van der Waals surface area contributed by atoms with Crippen LogP contribution in [0.3, 0.4) is 0 Å². The molecule has 26 heavy (non-hydrogen) atoms. The van der Waals surface area contributed by atoms with E-state index in [4.69, 9.17) is 4.74 Å². The number of nitrogens with zero attached hydrogens (tertiary/aromatic N) is 2. The fraction of sp³-hybridized carbons (Fsp3) is 0.619. The Hall–Kier alpha value is -2.04. The molecule has 0 radical (unpaired) electrons. The predicted octanol–water partition coefficient (Wildman–Crippen LogP) is 2.49. The smallest absolute Gasteiger partial charge is 0.222 e. The van der Waals surface area contributed by atoms with Crippen LogP contribution >= 0.6 is 0 Å². The Kier molecular flexibility index (Phi) is 4.88. The maximum atomic E-state index is 12.8. The molecule has 0 unspecified atom stereocenters. The van der Waals surface area contributed by atoms with Crippen LogP contribution in [0.4, 0.5) is 0 Å². The molecule has 0 N–H and O–H groups in total. The number of benzene rings is 1. The van der Waals surface area contributed by atoms with E-state index in [-0.39, 0.29) is 5.91 Å². The van der Waals surface area contributed by atoms with Gasteiger partial charge in [0.15, 0.2) is 0 Å². The fourth-order valence-corrected chi connectivity index (χ4v) is 5.12. The highest BCUT2D eigenvalue weighted by Crippen LogP contribution is 2.38. The first-order valence-corrected chi connectivity index (χ1v) is 9.85. The van der Waals surface area contributed by atoms with Crippen molar-refractivity contribution in [1.82, 2.24) is 9.80 Å². The number of aryl methyl sites for hydroxylation is 1. The maximum absolute atomic E-state index is 12.8. The number of likely N-dealkylation sites (tertiary alicyclic amines) is 1. The van der Waals surface area contributed by atoms with Gasteiger partial charge in [0.1, 0.15) is 5.75 Å². The second kappa shape index (κ2) is 7.29. The van der Waals surface area contributed by atoms with Crippen LogP contribution in [0.5, 0.6) is 5.75 Å². The van der Waals surface area contributed by atoms with Crippen molar-refractivity contribution in [3.05, 3.63) is 29.8 Å². The molecule has 3 fully saturated rings. The van der Waals surface area contributed by atoms with E-state index in [0.29, 0.717) is 43.0 Å². The Morgan fingerprint density at radius 1 is 1.23 bits per heavy atom. The summed E-state index contributed by atoms with van der Waals surface area (Å²) in [5.74, 6) is 2.32. The molecule has 0 spiro atoms. The summed E-state index contributed by atoms with van der Waals surface area (Å²) in [6.45, 7) is 2.46. The summed E-state index contributed by atoms with van der Waals surface area (Å²) in [5.41, 5.74) is 1.09. The largest absolute Gasteiger partial charge is 0.496 e. The number of para-hydroxylation sites is 1. The first kappa shape index (κ1) is 17.4. The summed E-state index contributed by atoms with van der Waals surface area (Å²) < 4.78 is 5.39. The topological polar surface area (TPSA) is 49.9 Å². The van der Waals surface area contributed by atoms with Crippen molar-refractivity contribution in [2.45, 2.75) is 44.6 Å². The van der Waals surface area contributed by atoms with Gasteiger partial charge < -0.3 is 14.5 Å². The number of amides is 2. The molecule has 0 aliphatic carbocycles. The van der Waals surface area contributed by atoms with Crippen molar-refractivity contribution in [3.63, 3.8) is 0 Å². The molecular weight excluding hydrogens is 328 g/mol. The van der Waals surface area contributed by atoms with E-state index in [1.54, 1.807) is 7.11 Å². The van der Waals surface area contributed by atoms with Crippen molar-refractivity contribution >= 4 is 11.8 Å². The number of fused-ring (bicyclic) bond motifs is 4. The molecule has 3 aliphatic rings. The van der Waals surface area contributed by atoms with Crippen molar-refractivity contribution in [3.8, 4) is 5.75 Å². The number of carbonyl (C=O) groups excluding carboxylic acids is 2. The first-order chi connectivity index (χ1) is 12.7. The van der Waals surface area contributed by atoms with Crippen LogP contribution in [-0.4, -0.2) is 54.4 Å². The standard InChI is InChI=1S/C21H28N2O3/c1-26-19-7-3-2-5-16(19)9-10-20(24)22-12-15-11-17(14-22)18-6-4-8-21(25)23(18)13-15/h2-3,5,7,15,17-18H,4,6,8-14H2,1H3/t15-,17-,18-/m1/s1. The summed E-state index contributed by atoms with van der Waals surface area (Å²) in [4.78, 5) is 29.2. The van der Waals surface area contributed by atoms with Gasteiger partial charge in [0.25, 0.3) is 0 Å². The molecule has 3 atom stereocenters. The Bertz CT molecular complexity index is 690. The summed E-state index contributed by atoms with van der Waals surface area (Å²) in [7, 11) is 1.67. The third-order valence-electron chi connectivity index (χ3n) is 6.33. The average Bonchev–Trinajstić information content (AvgIpc) is 2.67. The van der Waals surface area contributed by atoms with Crippen LogP contribution in [0.1, 0.15) is 37.7 Å². The lowest BCUT2D eigenvalue weighted by Gasteiger charge is -2.52. The SMILES string of the molecule is COc1ccccc1CCC(=O)N1C[C@H]2C[C@H](C1)[C@H]1CCCC(=O)N1C2. The van der Waals surface area contributed by atoms with Gasteiger partial charge in [0.2, 0.25) is 11.8 Å². The molecule has 1 aromatic carbocycles. The predicted molar refractivity (Wildman–Crippen MR) is 98.8 cm³/mol. The zero-order valence-corrected chi connectivity index (χ0v) is 15.5. The second-order valence-electron chi connectivity index (χ2n) is 7.98. The van der Waals surface area contributed by atoms with Crippen molar-refractivity contribution in [1.29, 1.82) is 0 Å². The highest BCUT2D eigenvalue weighted by atomic mass is 16.5. The van der Waals surface area contributed by atoms with Gasteiger partial charge in [-0.05, 0) is 49.1 Å². The lowest BCUT2D eigenvalue weighted by molar-refractivity contribution is -0.148. The van der Waals surface area contributed by atoms with Gasteiger partial charge >= 0.3 is 0 Å². The normalized spacial score (nSPS) is 27.9. The number of carbonyl (C=O) groups is 2. The molecule has 2 bridgehead atoms. The molecule has 140 valence electrons. The second-order valence-corrected chi connectivity index (χ2v) is 7.98. The molecule has 2 amide bonds. The van der Waals surface area contributed by atoms with Gasteiger partial charge in [-0.15, -0.1) is 0 Å². The van der Waals surface area contributed by atoms with Crippen LogP contribution in [0.25, 0.3) is 0 Å². The zero-order chi connectivity index (χ0) is 18.1. The van der Waals surface area contributed by atoms with Crippen molar-refractivity contribution < 1.29 is 14.3 Å². The van der Waals surface area contributed by atoms with Crippen LogP contribution in [0.15, 0.2) is 24.3 Å². The van der Waals surface area contributed by atoms with Crippen LogP contribution < -0.4 is 4.74 Å². The highest BCUT2D eigenvalue weighted by molar-refractivity contribution is 5.78. The maximum Gasteiger partial charge on any atom is 0.222 e. The van der Waals surface area contributed by atoms with E-state index in [9.17, 15) is 9.59 Å². The van der Waals surface area contributed by atoms with Crippen LogP contribution in [0, 0.1) is 11.8 Å². The van der Waals surface area contributed by atoms with Gasteiger partial charge in [0, 0.05) is 38.5 Å². The third-order valence-corrected chi connectivity index (χ3v) is 6.33. The number of methoxy groups -OCH3 is 1. The Balaban J connectivity index is 1.38. The number of hydrogen-bond donors (Lipinski definition) is 0. The van der Waals surface area contributed by atoms with E-state index in [2.05, 4.69) is 9.80 Å². The third kappa shape index (κ3) is 3.31. The molecule has 5 nitrogen and oxygen atoms in total. The minimum absolute atomic E-state index is 0.237. The monoisotopic (exact) mass is 356 g/mol. The van der Waals surface area contributed by atoms with E-state index >= 15 is 0 Å². The lowest BCUT2D eigenvalue weighted by atomic mass is 9.76.